The normalized spacial score (nSPS) is 17.1. The van der Waals surface area contributed by atoms with Crippen LogP contribution in [0.3, 0.4) is 0 Å². The molecular formula is C13H14O4S. The average Bonchev–Trinajstić information content (AvgIpc) is 2.29. The van der Waals surface area contributed by atoms with Gasteiger partial charge in [0.05, 0.1) is 4.91 Å². The highest BCUT2D eigenvalue weighted by Gasteiger charge is 2.29. The third kappa shape index (κ3) is 2.37. The van der Waals surface area contributed by atoms with Crippen molar-refractivity contribution in [1.82, 2.24) is 0 Å². The maximum atomic E-state index is 12.0. The summed E-state index contributed by atoms with van der Waals surface area (Å²) in [5, 5.41) is 0. The van der Waals surface area contributed by atoms with E-state index in [4.69, 9.17) is 0 Å². The zero-order valence-corrected chi connectivity index (χ0v) is 10.8. The molecule has 0 amide bonds. The van der Waals surface area contributed by atoms with Crippen LogP contribution in [0.5, 0.6) is 0 Å². The molecule has 0 unspecified atom stereocenters. The van der Waals surface area contributed by atoms with Gasteiger partial charge in [0, 0.05) is 12.0 Å². The molecule has 0 fully saturated rings. The molecule has 0 saturated carbocycles. The average molecular weight is 266 g/mol. The van der Waals surface area contributed by atoms with E-state index in [0.717, 1.165) is 5.56 Å². The Kier molecular flexibility index (Phi) is 3.36. The molecular weight excluding hydrogens is 252 g/mol. The molecule has 0 aromatic heterocycles. The Morgan fingerprint density at radius 1 is 1.17 bits per heavy atom. The number of hydrogen-bond donors (Lipinski definition) is 1. The minimum absolute atomic E-state index is 0.145. The molecule has 0 radical (unpaired) electrons. The molecule has 0 atom stereocenters. The molecule has 1 aliphatic carbocycles. The van der Waals surface area contributed by atoms with Gasteiger partial charge in [-0.2, -0.15) is 8.42 Å². The Morgan fingerprint density at radius 2 is 1.83 bits per heavy atom. The van der Waals surface area contributed by atoms with E-state index in [1.165, 1.54) is 0 Å². The maximum absolute atomic E-state index is 12.0. The lowest BCUT2D eigenvalue weighted by molar-refractivity contribution is -0.114. The van der Waals surface area contributed by atoms with Gasteiger partial charge in [-0.3, -0.25) is 9.35 Å². The second-order valence-electron chi connectivity index (χ2n) is 4.36. The highest BCUT2D eigenvalue weighted by molar-refractivity contribution is 7.90. The minimum Gasteiger partial charge on any atom is -0.294 e. The van der Waals surface area contributed by atoms with Crippen LogP contribution in [-0.2, 0) is 14.9 Å². The van der Waals surface area contributed by atoms with Gasteiger partial charge in [-0.05, 0) is 30.9 Å². The molecule has 1 aliphatic rings. The Morgan fingerprint density at radius 3 is 2.44 bits per heavy atom. The van der Waals surface area contributed by atoms with Crippen LogP contribution in [0.1, 0.15) is 30.4 Å². The molecule has 0 bridgehead atoms. The molecule has 0 heterocycles. The van der Waals surface area contributed by atoms with Crippen LogP contribution < -0.4 is 0 Å². The van der Waals surface area contributed by atoms with E-state index in [1.807, 2.05) is 19.1 Å². The highest BCUT2D eigenvalue weighted by Crippen LogP contribution is 2.33. The number of hydrogen-bond acceptors (Lipinski definition) is 3. The Bertz CT molecular complexity index is 626. The summed E-state index contributed by atoms with van der Waals surface area (Å²) < 4.78 is 32.0. The van der Waals surface area contributed by atoms with Crippen LogP contribution in [-0.4, -0.2) is 18.8 Å². The summed E-state index contributed by atoms with van der Waals surface area (Å²) in [6.45, 7) is 1.81. The van der Waals surface area contributed by atoms with Crippen LogP contribution in [0.2, 0.25) is 0 Å². The van der Waals surface area contributed by atoms with Crippen LogP contribution in [0, 0.1) is 6.92 Å². The van der Waals surface area contributed by atoms with Gasteiger partial charge in [-0.1, -0.05) is 24.3 Å². The molecule has 4 nitrogen and oxygen atoms in total. The molecule has 1 aromatic carbocycles. The lowest BCUT2D eigenvalue weighted by Crippen LogP contribution is -2.16. The van der Waals surface area contributed by atoms with Crippen molar-refractivity contribution in [2.45, 2.75) is 26.2 Å². The van der Waals surface area contributed by atoms with Crippen molar-refractivity contribution in [3.05, 3.63) is 40.3 Å². The Labute approximate surface area is 106 Å². The highest BCUT2D eigenvalue weighted by atomic mass is 32.2. The van der Waals surface area contributed by atoms with Gasteiger partial charge in [0.25, 0.3) is 10.1 Å². The number of benzene rings is 1. The second-order valence-corrected chi connectivity index (χ2v) is 5.81. The first-order valence-corrected chi connectivity index (χ1v) is 7.15. The first-order chi connectivity index (χ1) is 8.41. The molecule has 18 heavy (non-hydrogen) atoms. The maximum Gasteiger partial charge on any atom is 0.291 e. The fourth-order valence-corrected chi connectivity index (χ4v) is 3.11. The van der Waals surface area contributed by atoms with Gasteiger partial charge in [-0.25, -0.2) is 0 Å². The van der Waals surface area contributed by atoms with E-state index in [-0.39, 0.29) is 22.7 Å². The van der Waals surface area contributed by atoms with Crippen molar-refractivity contribution in [3.63, 3.8) is 0 Å². The minimum atomic E-state index is -4.31. The summed E-state index contributed by atoms with van der Waals surface area (Å²) in [6, 6.07) is 7.09. The quantitative estimate of drug-likeness (QED) is 0.834. The van der Waals surface area contributed by atoms with Crippen molar-refractivity contribution in [2.75, 3.05) is 0 Å². The first-order valence-electron chi connectivity index (χ1n) is 5.71. The SMILES string of the molecule is Cc1ccccc1C1=C(S(=O)(=O)O)CCCC1=O. The van der Waals surface area contributed by atoms with Crippen molar-refractivity contribution in [1.29, 1.82) is 0 Å². The van der Waals surface area contributed by atoms with E-state index in [0.29, 0.717) is 18.4 Å². The summed E-state index contributed by atoms with van der Waals surface area (Å²) in [7, 11) is -4.31. The molecule has 1 aromatic rings. The zero-order valence-electron chi connectivity index (χ0n) is 10.0. The molecule has 96 valence electrons. The fraction of sp³-hybridized carbons (Fsp3) is 0.308. The molecule has 0 spiro atoms. The monoisotopic (exact) mass is 266 g/mol. The van der Waals surface area contributed by atoms with Gasteiger partial charge < -0.3 is 0 Å². The zero-order chi connectivity index (χ0) is 13.3. The fourth-order valence-electron chi connectivity index (χ4n) is 2.23. The summed E-state index contributed by atoms with van der Waals surface area (Å²) in [6.07, 6.45) is 1.00. The summed E-state index contributed by atoms with van der Waals surface area (Å²) in [4.78, 5) is 11.8. The van der Waals surface area contributed by atoms with Crippen molar-refractivity contribution >= 4 is 21.5 Å². The lowest BCUT2D eigenvalue weighted by Gasteiger charge is -2.18. The Hall–Kier alpha value is -1.46. The summed E-state index contributed by atoms with van der Waals surface area (Å²) in [5.41, 5.74) is 1.57. The van der Waals surface area contributed by atoms with Gasteiger partial charge in [0.2, 0.25) is 0 Å². The molecule has 1 N–H and O–H groups in total. The van der Waals surface area contributed by atoms with E-state index in [2.05, 4.69) is 0 Å². The number of aryl methyl sites for hydroxylation is 1. The van der Waals surface area contributed by atoms with Gasteiger partial charge in [-0.15, -0.1) is 0 Å². The number of ketones is 1. The smallest absolute Gasteiger partial charge is 0.291 e. The van der Waals surface area contributed by atoms with Gasteiger partial charge in [0.15, 0.2) is 5.78 Å². The van der Waals surface area contributed by atoms with Crippen LogP contribution >= 0.6 is 0 Å². The summed E-state index contributed by atoms with van der Waals surface area (Å²) in [5.74, 6) is -0.219. The van der Waals surface area contributed by atoms with E-state index in [9.17, 15) is 17.8 Å². The van der Waals surface area contributed by atoms with E-state index in [1.54, 1.807) is 12.1 Å². The standard InChI is InChI=1S/C13H14O4S/c1-9-5-2-3-6-10(9)13-11(14)7-4-8-12(13)18(15,16)17/h2-3,5-6H,4,7-8H2,1H3,(H,15,16,17). The molecule has 0 saturated heterocycles. The number of carbonyl (C=O) groups is 1. The molecule has 0 aliphatic heterocycles. The number of allylic oxidation sites excluding steroid dienone is 2. The number of carbonyl (C=O) groups excluding carboxylic acids is 1. The van der Waals surface area contributed by atoms with Crippen LogP contribution in [0.4, 0.5) is 0 Å². The third-order valence-electron chi connectivity index (χ3n) is 3.09. The Balaban J connectivity index is 2.73. The van der Waals surface area contributed by atoms with Gasteiger partial charge >= 0.3 is 0 Å². The largest absolute Gasteiger partial charge is 0.294 e. The van der Waals surface area contributed by atoms with Crippen LogP contribution in [0.15, 0.2) is 29.2 Å². The van der Waals surface area contributed by atoms with E-state index >= 15 is 0 Å². The number of Topliss-reactive ketones (excluding diaryl/α,β-unsaturated/α-hetero) is 1. The lowest BCUT2D eigenvalue weighted by atomic mass is 9.90. The number of rotatable bonds is 2. The van der Waals surface area contributed by atoms with Crippen molar-refractivity contribution < 1.29 is 17.8 Å². The third-order valence-corrected chi connectivity index (χ3v) is 4.12. The van der Waals surface area contributed by atoms with E-state index < -0.39 is 10.1 Å². The van der Waals surface area contributed by atoms with Crippen molar-refractivity contribution in [3.8, 4) is 0 Å². The topological polar surface area (TPSA) is 71.4 Å². The molecule has 2 rings (SSSR count). The van der Waals surface area contributed by atoms with Crippen LogP contribution in [0.25, 0.3) is 5.57 Å². The van der Waals surface area contributed by atoms with Gasteiger partial charge in [0.1, 0.15) is 0 Å². The predicted molar refractivity (Wildman–Crippen MR) is 68.5 cm³/mol. The summed E-state index contributed by atoms with van der Waals surface area (Å²) >= 11 is 0. The molecule has 5 heteroatoms. The van der Waals surface area contributed by atoms with Crippen molar-refractivity contribution in [2.24, 2.45) is 0 Å². The first kappa shape index (κ1) is 13.0. The second kappa shape index (κ2) is 4.66. The predicted octanol–water partition coefficient (Wildman–Crippen LogP) is 2.35.